The normalized spacial score (nSPS) is 11.9. The highest BCUT2D eigenvalue weighted by atomic mass is 32.1. The van der Waals surface area contributed by atoms with E-state index < -0.39 is 11.9 Å². The van der Waals surface area contributed by atoms with E-state index in [0.29, 0.717) is 12.3 Å². The van der Waals surface area contributed by atoms with Crippen molar-refractivity contribution in [2.24, 2.45) is 5.92 Å². The molecule has 2 rings (SSSR count). The van der Waals surface area contributed by atoms with E-state index in [-0.39, 0.29) is 18.6 Å². The van der Waals surface area contributed by atoms with Crippen molar-refractivity contribution < 1.29 is 19.4 Å². The minimum absolute atomic E-state index is 0.0330. The van der Waals surface area contributed by atoms with Crippen molar-refractivity contribution in [1.29, 1.82) is 0 Å². The summed E-state index contributed by atoms with van der Waals surface area (Å²) in [5.74, 6) is -0.910. The fraction of sp³-hybridized carbons (Fsp3) is 0.353. The standard InChI is InChI=1S/C17H19NO4S/c1-3-22-15-6-4-12(5-7-15)16-18-13(10-23-16)9-14(19)8-11(2)17(20)21/h4-7,10-11H,3,8-9H2,1-2H3,(H,20,21)/t11-/m0/s1. The molecule has 0 amide bonds. The van der Waals surface area contributed by atoms with Crippen LogP contribution in [0, 0.1) is 5.92 Å². The Kier molecular flexibility index (Phi) is 5.87. The van der Waals surface area contributed by atoms with Crippen LogP contribution in [0.2, 0.25) is 0 Å². The van der Waals surface area contributed by atoms with Gasteiger partial charge in [0.25, 0.3) is 0 Å². The van der Waals surface area contributed by atoms with Crippen LogP contribution in [0.25, 0.3) is 10.6 Å². The zero-order chi connectivity index (χ0) is 16.8. The Morgan fingerprint density at radius 3 is 2.61 bits per heavy atom. The Morgan fingerprint density at radius 2 is 2.00 bits per heavy atom. The summed E-state index contributed by atoms with van der Waals surface area (Å²) in [6, 6.07) is 7.64. The van der Waals surface area contributed by atoms with Crippen molar-refractivity contribution in [3.05, 3.63) is 35.3 Å². The highest BCUT2D eigenvalue weighted by molar-refractivity contribution is 7.13. The maximum atomic E-state index is 11.9. The average molecular weight is 333 g/mol. The van der Waals surface area contributed by atoms with Crippen LogP contribution in [0.3, 0.4) is 0 Å². The fourth-order valence-corrected chi connectivity index (χ4v) is 2.91. The molecule has 0 saturated carbocycles. The van der Waals surface area contributed by atoms with Crippen molar-refractivity contribution in [2.75, 3.05) is 6.61 Å². The van der Waals surface area contributed by atoms with E-state index in [2.05, 4.69) is 4.98 Å². The van der Waals surface area contributed by atoms with Gasteiger partial charge in [0.15, 0.2) is 0 Å². The summed E-state index contributed by atoms with van der Waals surface area (Å²) in [5, 5.41) is 11.5. The number of carboxylic acids is 1. The lowest BCUT2D eigenvalue weighted by molar-refractivity contribution is -0.143. The van der Waals surface area contributed by atoms with Crippen LogP contribution in [0.15, 0.2) is 29.6 Å². The van der Waals surface area contributed by atoms with Crippen LogP contribution in [0.5, 0.6) is 5.75 Å². The Labute approximate surface area is 138 Å². The van der Waals surface area contributed by atoms with Gasteiger partial charge in [0, 0.05) is 23.8 Å². The van der Waals surface area contributed by atoms with Gasteiger partial charge in [0.05, 0.1) is 18.2 Å². The molecule has 2 aromatic rings. The molecule has 1 heterocycles. The molecule has 1 atom stereocenters. The molecule has 0 bridgehead atoms. The second-order valence-electron chi connectivity index (χ2n) is 5.26. The third kappa shape index (κ3) is 4.89. The van der Waals surface area contributed by atoms with Crippen LogP contribution in [0.1, 0.15) is 26.0 Å². The highest BCUT2D eigenvalue weighted by Gasteiger charge is 2.17. The number of carboxylic acid groups (broad SMARTS) is 1. The number of carbonyl (C=O) groups is 2. The maximum Gasteiger partial charge on any atom is 0.306 e. The number of carbonyl (C=O) groups excluding carboxylic acids is 1. The molecule has 1 N–H and O–H groups in total. The molecule has 0 unspecified atom stereocenters. The SMILES string of the molecule is CCOc1ccc(-c2nc(CC(=O)C[C@H](C)C(=O)O)cs2)cc1. The predicted molar refractivity (Wildman–Crippen MR) is 88.8 cm³/mol. The first-order chi connectivity index (χ1) is 11.0. The van der Waals surface area contributed by atoms with E-state index in [1.54, 1.807) is 0 Å². The molecular formula is C17H19NO4S. The van der Waals surface area contributed by atoms with Gasteiger partial charge in [-0.1, -0.05) is 6.92 Å². The van der Waals surface area contributed by atoms with E-state index >= 15 is 0 Å². The zero-order valence-corrected chi connectivity index (χ0v) is 13.9. The van der Waals surface area contributed by atoms with Crippen LogP contribution < -0.4 is 4.74 Å². The number of hydrogen-bond donors (Lipinski definition) is 1. The number of hydrogen-bond acceptors (Lipinski definition) is 5. The van der Waals surface area contributed by atoms with Crippen LogP contribution >= 0.6 is 11.3 Å². The first-order valence-corrected chi connectivity index (χ1v) is 8.29. The molecule has 6 heteroatoms. The van der Waals surface area contributed by atoms with E-state index in [0.717, 1.165) is 16.3 Å². The summed E-state index contributed by atoms with van der Waals surface area (Å²) >= 11 is 1.47. The second kappa shape index (κ2) is 7.87. The van der Waals surface area contributed by atoms with Gasteiger partial charge in [0.1, 0.15) is 16.5 Å². The fourth-order valence-electron chi connectivity index (χ4n) is 2.08. The quantitative estimate of drug-likeness (QED) is 0.801. The second-order valence-corrected chi connectivity index (χ2v) is 6.12. The van der Waals surface area contributed by atoms with Gasteiger partial charge < -0.3 is 9.84 Å². The number of ketones is 1. The Balaban J connectivity index is 2.00. The number of aliphatic carboxylic acids is 1. The summed E-state index contributed by atoms with van der Waals surface area (Å²) < 4.78 is 5.40. The number of benzene rings is 1. The van der Waals surface area contributed by atoms with E-state index in [4.69, 9.17) is 9.84 Å². The van der Waals surface area contributed by atoms with Gasteiger partial charge in [0.2, 0.25) is 0 Å². The lowest BCUT2D eigenvalue weighted by Gasteiger charge is -2.04. The Hall–Kier alpha value is -2.21. The predicted octanol–water partition coefficient (Wildman–Crippen LogP) is 3.43. The molecule has 0 fully saturated rings. The monoisotopic (exact) mass is 333 g/mol. The van der Waals surface area contributed by atoms with Crippen molar-refractivity contribution in [2.45, 2.75) is 26.7 Å². The molecule has 23 heavy (non-hydrogen) atoms. The topological polar surface area (TPSA) is 76.5 Å². The van der Waals surface area contributed by atoms with Gasteiger partial charge in [-0.3, -0.25) is 9.59 Å². The van der Waals surface area contributed by atoms with E-state index in [1.807, 2.05) is 36.6 Å². The van der Waals surface area contributed by atoms with Gasteiger partial charge >= 0.3 is 5.97 Å². The summed E-state index contributed by atoms with van der Waals surface area (Å²) in [4.78, 5) is 27.1. The van der Waals surface area contributed by atoms with E-state index in [1.165, 1.54) is 18.3 Å². The van der Waals surface area contributed by atoms with Gasteiger partial charge in [-0.15, -0.1) is 11.3 Å². The largest absolute Gasteiger partial charge is 0.494 e. The summed E-state index contributed by atoms with van der Waals surface area (Å²) in [6.07, 6.45) is 0.205. The molecule has 0 radical (unpaired) electrons. The lowest BCUT2D eigenvalue weighted by atomic mass is 10.0. The molecule has 122 valence electrons. The van der Waals surface area contributed by atoms with Crippen molar-refractivity contribution in [3.63, 3.8) is 0 Å². The average Bonchev–Trinajstić information content (AvgIpc) is 2.96. The molecule has 5 nitrogen and oxygen atoms in total. The molecule has 0 aliphatic carbocycles. The molecule has 0 aliphatic heterocycles. The number of rotatable bonds is 8. The summed E-state index contributed by atoms with van der Waals surface area (Å²) in [7, 11) is 0. The lowest BCUT2D eigenvalue weighted by Crippen LogP contribution is -2.16. The summed E-state index contributed by atoms with van der Waals surface area (Å²) in [6.45, 7) is 4.09. The minimum Gasteiger partial charge on any atom is -0.494 e. The molecule has 0 spiro atoms. The molecular weight excluding hydrogens is 314 g/mol. The van der Waals surface area contributed by atoms with Crippen molar-refractivity contribution in [1.82, 2.24) is 4.98 Å². The molecule has 0 aliphatic rings. The number of thiazole rings is 1. The number of ether oxygens (including phenoxy) is 1. The number of nitrogens with zero attached hydrogens (tertiary/aromatic N) is 1. The van der Waals surface area contributed by atoms with Crippen LogP contribution in [-0.2, 0) is 16.0 Å². The Bertz CT molecular complexity index is 678. The van der Waals surface area contributed by atoms with Gasteiger partial charge in [-0.05, 0) is 31.2 Å². The first kappa shape index (κ1) is 17.1. The van der Waals surface area contributed by atoms with Crippen molar-refractivity contribution >= 4 is 23.1 Å². The minimum atomic E-state index is -0.952. The molecule has 1 aromatic carbocycles. The number of aromatic nitrogens is 1. The van der Waals surface area contributed by atoms with Crippen LogP contribution in [-0.4, -0.2) is 28.4 Å². The smallest absolute Gasteiger partial charge is 0.306 e. The highest BCUT2D eigenvalue weighted by Crippen LogP contribution is 2.26. The first-order valence-electron chi connectivity index (χ1n) is 7.41. The molecule has 1 aromatic heterocycles. The molecule has 0 saturated heterocycles. The Morgan fingerprint density at radius 1 is 1.30 bits per heavy atom. The maximum absolute atomic E-state index is 11.9. The zero-order valence-electron chi connectivity index (χ0n) is 13.1. The third-order valence-corrected chi connectivity index (χ3v) is 4.24. The number of Topliss-reactive ketones (excluding diaryl/α,β-unsaturated/α-hetero) is 1. The van der Waals surface area contributed by atoms with Gasteiger partial charge in [-0.2, -0.15) is 0 Å². The van der Waals surface area contributed by atoms with Gasteiger partial charge in [-0.25, -0.2) is 4.98 Å². The summed E-state index contributed by atoms with van der Waals surface area (Å²) in [5.41, 5.74) is 1.65. The van der Waals surface area contributed by atoms with E-state index in [9.17, 15) is 9.59 Å². The van der Waals surface area contributed by atoms with Crippen LogP contribution in [0.4, 0.5) is 0 Å². The third-order valence-electron chi connectivity index (χ3n) is 3.30. The van der Waals surface area contributed by atoms with Crippen molar-refractivity contribution in [3.8, 4) is 16.3 Å².